The number of anilines is 1. The van der Waals surface area contributed by atoms with Gasteiger partial charge in [-0.05, 0) is 61.4 Å². The molecule has 1 aromatic heterocycles. The SMILES string of the molecule is Cc1ccc(F)cc1S(=O)(=O)N1CCCN(c2ccc(=O)n(-c3ccc(Cl)cc3)n2)CC1. The maximum absolute atomic E-state index is 13.7. The second-order valence-corrected chi connectivity index (χ2v) is 9.92. The molecule has 0 N–H and O–H groups in total. The van der Waals surface area contributed by atoms with Gasteiger partial charge in [0, 0.05) is 37.3 Å². The molecule has 1 fully saturated rings. The first kappa shape index (κ1) is 22.4. The molecule has 0 radical (unpaired) electrons. The van der Waals surface area contributed by atoms with Gasteiger partial charge in [-0.25, -0.2) is 12.8 Å². The van der Waals surface area contributed by atoms with Crippen LogP contribution in [0.5, 0.6) is 0 Å². The number of nitrogens with zero attached hydrogens (tertiary/aromatic N) is 4. The third-order valence-electron chi connectivity index (χ3n) is 5.40. The lowest BCUT2D eigenvalue weighted by molar-refractivity contribution is 0.432. The molecule has 2 heterocycles. The van der Waals surface area contributed by atoms with Crippen molar-refractivity contribution >= 4 is 27.4 Å². The van der Waals surface area contributed by atoms with Gasteiger partial charge in [-0.2, -0.15) is 8.99 Å². The van der Waals surface area contributed by atoms with Crippen molar-refractivity contribution in [3.05, 3.63) is 81.4 Å². The molecule has 0 unspecified atom stereocenters. The Kier molecular flexibility index (Phi) is 6.32. The molecule has 0 saturated carbocycles. The van der Waals surface area contributed by atoms with Gasteiger partial charge in [0.1, 0.15) is 11.6 Å². The molecule has 2 aromatic carbocycles. The van der Waals surface area contributed by atoms with E-state index in [1.165, 1.54) is 27.2 Å². The summed E-state index contributed by atoms with van der Waals surface area (Å²) in [6.45, 7) is 3.14. The van der Waals surface area contributed by atoms with E-state index in [2.05, 4.69) is 5.10 Å². The van der Waals surface area contributed by atoms with Crippen LogP contribution in [0.15, 0.2) is 64.3 Å². The fourth-order valence-electron chi connectivity index (χ4n) is 3.69. The van der Waals surface area contributed by atoms with E-state index in [4.69, 9.17) is 11.6 Å². The average Bonchev–Trinajstić information content (AvgIpc) is 3.03. The van der Waals surface area contributed by atoms with Crippen LogP contribution >= 0.6 is 11.6 Å². The summed E-state index contributed by atoms with van der Waals surface area (Å²) in [6, 6.07) is 13.6. The lowest BCUT2D eigenvalue weighted by Crippen LogP contribution is -2.36. The first-order chi connectivity index (χ1) is 15.3. The molecule has 4 rings (SSSR count). The molecular weight excluding hydrogens is 455 g/mol. The van der Waals surface area contributed by atoms with Crippen LogP contribution in [0.1, 0.15) is 12.0 Å². The van der Waals surface area contributed by atoms with Crippen molar-refractivity contribution in [1.82, 2.24) is 14.1 Å². The first-order valence-electron chi connectivity index (χ1n) is 10.1. The molecule has 1 saturated heterocycles. The van der Waals surface area contributed by atoms with Gasteiger partial charge >= 0.3 is 0 Å². The zero-order valence-electron chi connectivity index (χ0n) is 17.4. The number of sulfonamides is 1. The summed E-state index contributed by atoms with van der Waals surface area (Å²) >= 11 is 5.93. The van der Waals surface area contributed by atoms with Crippen molar-refractivity contribution < 1.29 is 12.8 Å². The van der Waals surface area contributed by atoms with E-state index in [0.717, 1.165) is 6.07 Å². The Morgan fingerprint density at radius 1 is 0.969 bits per heavy atom. The number of rotatable bonds is 4. The molecule has 168 valence electrons. The smallest absolute Gasteiger partial charge is 0.271 e. The van der Waals surface area contributed by atoms with E-state index in [0.29, 0.717) is 48.1 Å². The highest BCUT2D eigenvalue weighted by molar-refractivity contribution is 7.89. The van der Waals surface area contributed by atoms with Gasteiger partial charge in [0.25, 0.3) is 5.56 Å². The van der Waals surface area contributed by atoms with Crippen LogP contribution in [-0.2, 0) is 10.0 Å². The zero-order chi connectivity index (χ0) is 22.9. The Morgan fingerprint density at radius 3 is 2.47 bits per heavy atom. The van der Waals surface area contributed by atoms with Crippen LogP contribution in [0.3, 0.4) is 0 Å². The van der Waals surface area contributed by atoms with Crippen molar-refractivity contribution in [1.29, 1.82) is 0 Å². The number of halogens is 2. The highest BCUT2D eigenvalue weighted by atomic mass is 35.5. The van der Waals surface area contributed by atoms with Crippen molar-refractivity contribution in [2.75, 3.05) is 31.1 Å². The third-order valence-corrected chi connectivity index (χ3v) is 7.70. The van der Waals surface area contributed by atoms with Crippen molar-refractivity contribution in [2.24, 2.45) is 0 Å². The van der Waals surface area contributed by atoms with Gasteiger partial charge in [0.2, 0.25) is 10.0 Å². The molecule has 0 bridgehead atoms. The van der Waals surface area contributed by atoms with Crippen LogP contribution in [0.4, 0.5) is 10.2 Å². The van der Waals surface area contributed by atoms with Crippen molar-refractivity contribution in [3.63, 3.8) is 0 Å². The molecule has 10 heteroatoms. The van der Waals surface area contributed by atoms with Crippen LogP contribution in [-0.4, -0.2) is 48.7 Å². The molecule has 0 spiro atoms. The Labute approximate surface area is 190 Å². The summed E-state index contributed by atoms with van der Waals surface area (Å²) in [5, 5.41) is 5.03. The van der Waals surface area contributed by atoms with Crippen LogP contribution < -0.4 is 10.5 Å². The average molecular weight is 477 g/mol. The first-order valence-corrected chi connectivity index (χ1v) is 11.9. The van der Waals surface area contributed by atoms with Gasteiger partial charge in [-0.15, -0.1) is 5.10 Å². The summed E-state index contributed by atoms with van der Waals surface area (Å²) in [4.78, 5) is 14.3. The Hall–Kier alpha value is -2.75. The number of hydrogen-bond acceptors (Lipinski definition) is 5. The minimum Gasteiger partial charge on any atom is -0.354 e. The monoisotopic (exact) mass is 476 g/mol. The van der Waals surface area contributed by atoms with Gasteiger partial charge in [-0.1, -0.05) is 17.7 Å². The molecule has 32 heavy (non-hydrogen) atoms. The number of aromatic nitrogens is 2. The molecule has 1 aliphatic rings. The second kappa shape index (κ2) is 9.01. The summed E-state index contributed by atoms with van der Waals surface area (Å²) in [6.07, 6.45) is 0.565. The van der Waals surface area contributed by atoms with Crippen molar-refractivity contribution in [2.45, 2.75) is 18.2 Å². The molecule has 0 amide bonds. The van der Waals surface area contributed by atoms with E-state index < -0.39 is 15.8 Å². The highest BCUT2D eigenvalue weighted by Gasteiger charge is 2.29. The Morgan fingerprint density at radius 2 is 1.72 bits per heavy atom. The molecule has 0 aliphatic carbocycles. The predicted octanol–water partition coefficient (Wildman–Crippen LogP) is 3.23. The van der Waals surface area contributed by atoms with Crippen LogP contribution in [0.25, 0.3) is 5.69 Å². The topological polar surface area (TPSA) is 75.5 Å². The Bertz CT molecular complexity index is 1300. The minimum absolute atomic E-state index is 0.0136. The van der Waals surface area contributed by atoms with E-state index in [1.807, 2.05) is 4.90 Å². The minimum atomic E-state index is -3.83. The predicted molar refractivity (Wildman–Crippen MR) is 122 cm³/mol. The summed E-state index contributed by atoms with van der Waals surface area (Å²) < 4.78 is 42.7. The quantitative estimate of drug-likeness (QED) is 0.578. The largest absolute Gasteiger partial charge is 0.354 e. The molecule has 1 aliphatic heterocycles. The fourth-order valence-corrected chi connectivity index (χ4v) is 5.52. The van der Waals surface area contributed by atoms with Gasteiger partial charge in [0.05, 0.1) is 10.6 Å². The van der Waals surface area contributed by atoms with E-state index in [9.17, 15) is 17.6 Å². The van der Waals surface area contributed by atoms with Crippen LogP contribution in [0.2, 0.25) is 5.02 Å². The van der Waals surface area contributed by atoms with E-state index >= 15 is 0 Å². The Balaban J connectivity index is 1.57. The zero-order valence-corrected chi connectivity index (χ0v) is 19.0. The molecule has 0 atom stereocenters. The summed E-state index contributed by atoms with van der Waals surface area (Å²) in [5.74, 6) is -0.0139. The van der Waals surface area contributed by atoms with Gasteiger partial charge < -0.3 is 4.90 Å². The third kappa shape index (κ3) is 4.55. The number of benzene rings is 2. The standard InChI is InChI=1S/C22H22ClFN4O3S/c1-16-3-6-18(24)15-20(16)32(30,31)27-12-2-11-26(13-14-27)21-9-10-22(29)28(25-21)19-7-4-17(23)5-8-19/h3-10,15H,2,11-14H2,1H3. The molecule has 7 nitrogen and oxygen atoms in total. The van der Waals surface area contributed by atoms with E-state index in [-0.39, 0.29) is 17.0 Å². The van der Waals surface area contributed by atoms with E-state index in [1.54, 1.807) is 37.3 Å². The lowest BCUT2D eigenvalue weighted by atomic mass is 10.2. The van der Waals surface area contributed by atoms with Crippen LogP contribution in [0, 0.1) is 12.7 Å². The maximum Gasteiger partial charge on any atom is 0.271 e. The van der Waals surface area contributed by atoms with Gasteiger partial charge in [-0.3, -0.25) is 4.79 Å². The van der Waals surface area contributed by atoms with Crippen molar-refractivity contribution in [3.8, 4) is 5.69 Å². The molecule has 3 aromatic rings. The maximum atomic E-state index is 13.7. The number of aryl methyl sites for hydroxylation is 1. The fraction of sp³-hybridized carbons (Fsp3) is 0.273. The number of hydrogen-bond donors (Lipinski definition) is 0. The normalized spacial score (nSPS) is 15.5. The lowest BCUT2D eigenvalue weighted by Gasteiger charge is -2.23. The molecular formula is C22H22ClFN4O3S. The van der Waals surface area contributed by atoms with Gasteiger partial charge in [0.15, 0.2) is 0 Å². The summed E-state index contributed by atoms with van der Waals surface area (Å²) in [7, 11) is -3.83. The highest BCUT2D eigenvalue weighted by Crippen LogP contribution is 2.23. The summed E-state index contributed by atoms with van der Waals surface area (Å²) in [5.41, 5.74) is 0.808. The second-order valence-electron chi connectivity index (χ2n) is 7.57.